The van der Waals surface area contributed by atoms with Gasteiger partial charge in [-0.25, -0.2) is 8.42 Å². The van der Waals surface area contributed by atoms with Gasteiger partial charge in [-0.15, -0.1) is 0 Å². The quantitative estimate of drug-likeness (QED) is 0.842. The van der Waals surface area contributed by atoms with Gasteiger partial charge in [-0.05, 0) is 31.2 Å². The van der Waals surface area contributed by atoms with Crippen LogP contribution in [0.25, 0.3) is 0 Å². The van der Waals surface area contributed by atoms with Crippen molar-refractivity contribution in [1.82, 2.24) is 9.46 Å². The van der Waals surface area contributed by atoms with Crippen LogP contribution in [-0.4, -0.2) is 51.2 Å². The van der Waals surface area contributed by atoms with Crippen molar-refractivity contribution in [3.63, 3.8) is 0 Å². The van der Waals surface area contributed by atoms with Gasteiger partial charge >= 0.3 is 0 Å². The van der Waals surface area contributed by atoms with Crippen LogP contribution in [0, 0.1) is 6.92 Å². The van der Waals surface area contributed by atoms with E-state index in [1.807, 2.05) is 17.9 Å². The molecule has 0 N–H and O–H groups in total. The molecule has 0 amide bonds. The van der Waals surface area contributed by atoms with E-state index in [9.17, 15) is 8.42 Å². The number of benzene rings is 1. The minimum atomic E-state index is -3.48. The van der Waals surface area contributed by atoms with Gasteiger partial charge in [0.05, 0.1) is 12.0 Å². The molecule has 1 aromatic heterocycles. The van der Waals surface area contributed by atoms with Crippen molar-refractivity contribution in [2.24, 2.45) is 0 Å². The van der Waals surface area contributed by atoms with E-state index < -0.39 is 10.0 Å². The van der Waals surface area contributed by atoms with Crippen LogP contribution in [0.5, 0.6) is 5.75 Å². The Morgan fingerprint density at radius 1 is 1.13 bits per heavy atom. The highest BCUT2D eigenvalue weighted by Gasteiger charge is 2.29. The van der Waals surface area contributed by atoms with Gasteiger partial charge in [-0.2, -0.15) is 4.31 Å². The number of aromatic nitrogens is 1. The molecule has 0 atom stereocenters. The molecule has 1 saturated heterocycles. The summed E-state index contributed by atoms with van der Waals surface area (Å²) in [6, 6.07) is 8.30. The van der Waals surface area contributed by atoms with Gasteiger partial charge in [0.1, 0.15) is 11.5 Å². The standard InChI is InChI=1S/C15H19N3O4S/c1-12-11-15(16-22-12)17-7-9-18(10-8-17)23(19,20)14-5-3-13(21-2)4-6-14/h3-6,11H,7-10H2,1-2H3. The minimum absolute atomic E-state index is 0.282. The van der Waals surface area contributed by atoms with Gasteiger partial charge in [0.2, 0.25) is 10.0 Å². The number of ether oxygens (including phenoxy) is 1. The average Bonchev–Trinajstić information content (AvgIpc) is 3.01. The summed E-state index contributed by atoms with van der Waals surface area (Å²) in [4.78, 5) is 2.31. The smallest absolute Gasteiger partial charge is 0.243 e. The molecular weight excluding hydrogens is 318 g/mol. The number of hydrogen-bond acceptors (Lipinski definition) is 6. The van der Waals surface area contributed by atoms with E-state index in [2.05, 4.69) is 5.16 Å². The van der Waals surface area contributed by atoms with E-state index in [0.29, 0.717) is 31.9 Å². The lowest BCUT2D eigenvalue weighted by molar-refractivity contribution is 0.371. The first-order valence-electron chi connectivity index (χ1n) is 7.33. The fourth-order valence-electron chi connectivity index (χ4n) is 2.56. The summed E-state index contributed by atoms with van der Waals surface area (Å²) in [6.07, 6.45) is 0. The molecular formula is C15H19N3O4S. The van der Waals surface area contributed by atoms with Crippen LogP contribution in [0.2, 0.25) is 0 Å². The second-order valence-corrected chi connectivity index (χ2v) is 7.30. The maximum absolute atomic E-state index is 12.7. The van der Waals surface area contributed by atoms with Crippen molar-refractivity contribution in [1.29, 1.82) is 0 Å². The van der Waals surface area contributed by atoms with Crippen LogP contribution in [0.3, 0.4) is 0 Å². The number of anilines is 1. The van der Waals surface area contributed by atoms with Crippen LogP contribution >= 0.6 is 0 Å². The third-order valence-electron chi connectivity index (χ3n) is 3.88. The van der Waals surface area contributed by atoms with Crippen LogP contribution in [0.15, 0.2) is 39.8 Å². The molecule has 0 radical (unpaired) electrons. The largest absolute Gasteiger partial charge is 0.497 e. The summed E-state index contributed by atoms with van der Waals surface area (Å²) in [5.41, 5.74) is 0. The SMILES string of the molecule is COc1ccc(S(=O)(=O)N2CCN(c3cc(C)on3)CC2)cc1. The van der Waals surface area contributed by atoms with Gasteiger partial charge in [0.25, 0.3) is 0 Å². The summed E-state index contributed by atoms with van der Waals surface area (Å²) >= 11 is 0. The highest BCUT2D eigenvalue weighted by atomic mass is 32.2. The molecule has 2 aromatic rings. The van der Waals surface area contributed by atoms with Gasteiger partial charge in [0, 0.05) is 32.2 Å². The van der Waals surface area contributed by atoms with Gasteiger partial charge in [-0.3, -0.25) is 0 Å². The molecule has 23 heavy (non-hydrogen) atoms. The number of nitrogens with zero attached hydrogens (tertiary/aromatic N) is 3. The van der Waals surface area contributed by atoms with Gasteiger partial charge in [0.15, 0.2) is 5.82 Å². The Bertz CT molecular complexity index is 762. The number of aryl methyl sites for hydroxylation is 1. The number of rotatable bonds is 4. The van der Waals surface area contributed by atoms with E-state index >= 15 is 0 Å². The Morgan fingerprint density at radius 2 is 1.78 bits per heavy atom. The molecule has 1 aromatic carbocycles. The molecule has 7 nitrogen and oxygen atoms in total. The second-order valence-electron chi connectivity index (χ2n) is 5.36. The zero-order chi connectivity index (χ0) is 16.4. The number of hydrogen-bond donors (Lipinski definition) is 0. The summed E-state index contributed by atoms with van der Waals surface area (Å²) in [7, 11) is -1.93. The molecule has 8 heteroatoms. The Kier molecular flexibility index (Phi) is 4.27. The van der Waals surface area contributed by atoms with Crippen molar-refractivity contribution >= 4 is 15.8 Å². The number of piperazine rings is 1. The summed E-state index contributed by atoms with van der Waals surface area (Å²) in [6.45, 7) is 3.84. The summed E-state index contributed by atoms with van der Waals surface area (Å²) < 4.78 is 37.0. The van der Waals surface area contributed by atoms with E-state index in [0.717, 1.165) is 11.6 Å². The first-order valence-corrected chi connectivity index (χ1v) is 8.77. The first-order chi connectivity index (χ1) is 11.0. The maximum Gasteiger partial charge on any atom is 0.243 e. The zero-order valence-electron chi connectivity index (χ0n) is 13.1. The van der Waals surface area contributed by atoms with Crippen LogP contribution in [-0.2, 0) is 10.0 Å². The maximum atomic E-state index is 12.7. The molecule has 0 aliphatic carbocycles. The predicted octanol–water partition coefficient (Wildman–Crippen LogP) is 1.50. The third kappa shape index (κ3) is 3.18. The molecule has 0 spiro atoms. The molecule has 3 rings (SSSR count). The van der Waals surface area contributed by atoms with Crippen LogP contribution < -0.4 is 9.64 Å². The van der Waals surface area contributed by atoms with Crippen molar-refractivity contribution in [3.8, 4) is 5.75 Å². The zero-order valence-corrected chi connectivity index (χ0v) is 13.9. The molecule has 0 saturated carbocycles. The molecule has 1 aliphatic heterocycles. The average molecular weight is 337 g/mol. The fourth-order valence-corrected chi connectivity index (χ4v) is 3.98. The van der Waals surface area contributed by atoms with E-state index in [1.54, 1.807) is 31.4 Å². The minimum Gasteiger partial charge on any atom is -0.497 e. The number of sulfonamides is 1. The summed E-state index contributed by atoms with van der Waals surface area (Å²) in [5, 5.41) is 3.97. The van der Waals surface area contributed by atoms with Crippen LogP contribution in [0.4, 0.5) is 5.82 Å². The van der Waals surface area contributed by atoms with Crippen molar-refractivity contribution < 1.29 is 17.7 Å². The van der Waals surface area contributed by atoms with E-state index in [4.69, 9.17) is 9.26 Å². The van der Waals surface area contributed by atoms with Gasteiger partial charge in [-0.1, -0.05) is 5.16 Å². The lowest BCUT2D eigenvalue weighted by Crippen LogP contribution is -2.48. The fraction of sp³-hybridized carbons (Fsp3) is 0.400. The highest BCUT2D eigenvalue weighted by molar-refractivity contribution is 7.89. The van der Waals surface area contributed by atoms with Gasteiger partial charge < -0.3 is 14.2 Å². The molecule has 0 unspecified atom stereocenters. The monoisotopic (exact) mass is 337 g/mol. The molecule has 1 fully saturated rings. The van der Waals surface area contributed by atoms with Crippen molar-refractivity contribution in [2.45, 2.75) is 11.8 Å². The topological polar surface area (TPSA) is 75.9 Å². The van der Waals surface area contributed by atoms with Crippen molar-refractivity contribution in [3.05, 3.63) is 36.1 Å². The second kappa shape index (κ2) is 6.21. The van der Waals surface area contributed by atoms with E-state index in [1.165, 1.54) is 4.31 Å². The third-order valence-corrected chi connectivity index (χ3v) is 5.79. The number of methoxy groups -OCH3 is 1. The molecule has 1 aliphatic rings. The summed E-state index contributed by atoms with van der Waals surface area (Å²) in [5.74, 6) is 2.13. The van der Waals surface area contributed by atoms with Crippen molar-refractivity contribution in [2.75, 3.05) is 38.2 Å². The Hall–Kier alpha value is -2.06. The lowest BCUT2D eigenvalue weighted by Gasteiger charge is -2.33. The molecule has 0 bridgehead atoms. The van der Waals surface area contributed by atoms with E-state index in [-0.39, 0.29) is 4.90 Å². The molecule has 124 valence electrons. The Balaban J connectivity index is 1.70. The normalized spacial score (nSPS) is 16.5. The van der Waals surface area contributed by atoms with Crippen LogP contribution in [0.1, 0.15) is 5.76 Å². The predicted molar refractivity (Wildman–Crippen MR) is 85.2 cm³/mol. The first kappa shape index (κ1) is 15.8. The molecule has 2 heterocycles. The Morgan fingerprint density at radius 3 is 2.30 bits per heavy atom. The lowest BCUT2D eigenvalue weighted by atomic mass is 10.3. The Labute approximate surface area is 135 Å². The highest BCUT2D eigenvalue weighted by Crippen LogP contribution is 2.22.